The largest absolute Gasteiger partial charge is 0.481 e. The molecule has 1 unspecified atom stereocenters. The van der Waals surface area contributed by atoms with E-state index in [9.17, 15) is 13.6 Å². The molecular formula is C11H12F2O2. The fourth-order valence-electron chi connectivity index (χ4n) is 1.44. The molecule has 0 aromatic heterocycles. The predicted molar refractivity (Wildman–Crippen MR) is 52.2 cm³/mol. The molecule has 0 fully saturated rings. The van der Waals surface area contributed by atoms with E-state index in [1.165, 1.54) is 6.92 Å². The zero-order valence-electron chi connectivity index (χ0n) is 8.28. The van der Waals surface area contributed by atoms with Crippen molar-refractivity contribution < 1.29 is 18.7 Å². The van der Waals surface area contributed by atoms with Gasteiger partial charge in [-0.1, -0.05) is 24.3 Å². The lowest BCUT2D eigenvalue weighted by Crippen LogP contribution is -2.11. The lowest BCUT2D eigenvalue weighted by Gasteiger charge is -2.12. The molecule has 4 heteroatoms. The van der Waals surface area contributed by atoms with Gasteiger partial charge in [0.2, 0.25) is 6.43 Å². The van der Waals surface area contributed by atoms with E-state index < -0.39 is 24.7 Å². The van der Waals surface area contributed by atoms with Crippen LogP contribution in [0.1, 0.15) is 24.0 Å². The van der Waals surface area contributed by atoms with E-state index in [-0.39, 0.29) is 0 Å². The smallest absolute Gasteiger partial charge is 0.310 e. The zero-order chi connectivity index (χ0) is 11.4. The number of hydrogen-bond acceptors (Lipinski definition) is 1. The number of halogens is 2. The van der Waals surface area contributed by atoms with Gasteiger partial charge in [0.15, 0.2) is 0 Å². The van der Waals surface area contributed by atoms with Crippen LogP contribution in [-0.4, -0.2) is 17.5 Å². The molecular weight excluding hydrogens is 202 g/mol. The van der Waals surface area contributed by atoms with Crippen LogP contribution in [-0.2, 0) is 11.2 Å². The molecule has 0 heterocycles. The van der Waals surface area contributed by atoms with Gasteiger partial charge in [-0.2, -0.15) is 0 Å². The van der Waals surface area contributed by atoms with Gasteiger partial charge >= 0.3 is 5.97 Å². The second-order valence-electron chi connectivity index (χ2n) is 3.35. The molecule has 1 atom stereocenters. The quantitative estimate of drug-likeness (QED) is 0.836. The second kappa shape index (κ2) is 4.87. The SMILES string of the molecule is CC(C(=O)O)c1ccccc1CC(F)F. The Morgan fingerprint density at radius 2 is 2.00 bits per heavy atom. The summed E-state index contributed by atoms with van der Waals surface area (Å²) in [4.78, 5) is 10.8. The second-order valence-corrected chi connectivity index (χ2v) is 3.35. The summed E-state index contributed by atoms with van der Waals surface area (Å²) < 4.78 is 24.4. The van der Waals surface area contributed by atoms with Crippen molar-refractivity contribution in [3.63, 3.8) is 0 Å². The van der Waals surface area contributed by atoms with Crippen molar-refractivity contribution in [2.45, 2.75) is 25.7 Å². The van der Waals surface area contributed by atoms with E-state index in [2.05, 4.69) is 0 Å². The van der Waals surface area contributed by atoms with Gasteiger partial charge in [-0.25, -0.2) is 8.78 Å². The molecule has 1 aromatic rings. The van der Waals surface area contributed by atoms with Crippen LogP contribution in [0.15, 0.2) is 24.3 Å². The average Bonchev–Trinajstić information content (AvgIpc) is 2.16. The zero-order valence-corrected chi connectivity index (χ0v) is 8.28. The molecule has 0 aliphatic rings. The van der Waals surface area contributed by atoms with Crippen molar-refractivity contribution in [1.29, 1.82) is 0 Å². The number of carboxylic acid groups (broad SMARTS) is 1. The molecule has 0 saturated heterocycles. The number of hydrogen-bond donors (Lipinski definition) is 1. The maximum absolute atomic E-state index is 12.2. The lowest BCUT2D eigenvalue weighted by molar-refractivity contribution is -0.138. The summed E-state index contributed by atoms with van der Waals surface area (Å²) in [6, 6.07) is 6.41. The molecule has 82 valence electrons. The van der Waals surface area contributed by atoms with Crippen molar-refractivity contribution in [1.82, 2.24) is 0 Å². The molecule has 0 radical (unpaired) electrons. The van der Waals surface area contributed by atoms with Crippen LogP contribution in [0, 0.1) is 0 Å². The van der Waals surface area contributed by atoms with Gasteiger partial charge in [0, 0.05) is 6.42 Å². The summed E-state index contributed by atoms with van der Waals surface area (Å²) in [7, 11) is 0. The minimum absolute atomic E-state index is 0.395. The number of aliphatic carboxylic acids is 1. The van der Waals surface area contributed by atoms with Gasteiger partial charge < -0.3 is 5.11 Å². The fraction of sp³-hybridized carbons (Fsp3) is 0.364. The van der Waals surface area contributed by atoms with Gasteiger partial charge in [0.05, 0.1) is 5.92 Å². The van der Waals surface area contributed by atoms with Crippen molar-refractivity contribution >= 4 is 5.97 Å². The summed E-state index contributed by atoms with van der Waals surface area (Å²) in [5.74, 6) is -1.75. The van der Waals surface area contributed by atoms with Crippen molar-refractivity contribution in [3.05, 3.63) is 35.4 Å². The highest BCUT2D eigenvalue weighted by Crippen LogP contribution is 2.22. The van der Waals surface area contributed by atoms with Crippen LogP contribution in [0.2, 0.25) is 0 Å². The molecule has 2 nitrogen and oxygen atoms in total. The highest BCUT2D eigenvalue weighted by molar-refractivity contribution is 5.76. The van der Waals surface area contributed by atoms with Gasteiger partial charge in [0.25, 0.3) is 0 Å². The van der Waals surface area contributed by atoms with E-state index in [4.69, 9.17) is 5.11 Å². The minimum atomic E-state index is -2.45. The molecule has 1 N–H and O–H groups in total. The van der Waals surface area contributed by atoms with E-state index in [0.29, 0.717) is 11.1 Å². The lowest BCUT2D eigenvalue weighted by atomic mass is 9.94. The highest BCUT2D eigenvalue weighted by Gasteiger charge is 2.18. The number of rotatable bonds is 4. The third-order valence-electron chi connectivity index (χ3n) is 2.27. The summed E-state index contributed by atoms with van der Waals surface area (Å²) in [6.45, 7) is 1.49. The molecule has 0 spiro atoms. The standard InChI is InChI=1S/C11H12F2O2/c1-7(11(14)15)9-5-3-2-4-8(9)6-10(12)13/h2-5,7,10H,6H2,1H3,(H,14,15). The fourth-order valence-corrected chi connectivity index (χ4v) is 1.44. The van der Waals surface area contributed by atoms with Crippen molar-refractivity contribution in [2.24, 2.45) is 0 Å². The highest BCUT2D eigenvalue weighted by atomic mass is 19.3. The van der Waals surface area contributed by atoms with Crippen LogP contribution < -0.4 is 0 Å². The van der Waals surface area contributed by atoms with Crippen LogP contribution in [0.25, 0.3) is 0 Å². The molecule has 1 aromatic carbocycles. The molecule has 0 saturated carbocycles. The average molecular weight is 214 g/mol. The maximum atomic E-state index is 12.2. The van der Waals surface area contributed by atoms with E-state index in [0.717, 1.165) is 0 Å². The Labute approximate surface area is 86.5 Å². The number of carboxylic acids is 1. The number of carbonyl (C=O) groups is 1. The third kappa shape index (κ3) is 3.01. The normalized spacial score (nSPS) is 12.8. The molecule has 1 rings (SSSR count). The Bertz CT molecular complexity index is 350. The first-order valence-electron chi connectivity index (χ1n) is 4.61. The Balaban J connectivity index is 3.00. The van der Waals surface area contributed by atoms with Gasteiger partial charge in [0.1, 0.15) is 0 Å². The molecule has 0 aliphatic heterocycles. The predicted octanol–water partition coefficient (Wildman–Crippen LogP) is 2.68. The summed E-state index contributed by atoms with van der Waals surface area (Å²) in [6.07, 6.45) is -2.85. The first-order valence-corrected chi connectivity index (χ1v) is 4.61. The Kier molecular flexibility index (Phi) is 3.77. The molecule has 0 bridgehead atoms. The first kappa shape index (κ1) is 11.6. The first-order chi connectivity index (χ1) is 7.02. The monoisotopic (exact) mass is 214 g/mol. The van der Waals surface area contributed by atoms with Crippen molar-refractivity contribution in [2.75, 3.05) is 0 Å². The summed E-state index contributed by atoms with van der Waals surface area (Å²) >= 11 is 0. The van der Waals surface area contributed by atoms with Crippen LogP contribution in [0.5, 0.6) is 0 Å². The number of benzene rings is 1. The van der Waals surface area contributed by atoms with E-state index in [1.54, 1.807) is 24.3 Å². The van der Waals surface area contributed by atoms with E-state index in [1.807, 2.05) is 0 Å². The third-order valence-corrected chi connectivity index (χ3v) is 2.27. The minimum Gasteiger partial charge on any atom is -0.481 e. The van der Waals surface area contributed by atoms with Gasteiger partial charge in [-0.15, -0.1) is 0 Å². The Hall–Kier alpha value is -1.45. The maximum Gasteiger partial charge on any atom is 0.310 e. The molecule has 15 heavy (non-hydrogen) atoms. The van der Waals surface area contributed by atoms with Gasteiger partial charge in [-0.3, -0.25) is 4.79 Å². The molecule has 0 amide bonds. The van der Waals surface area contributed by atoms with Crippen molar-refractivity contribution in [3.8, 4) is 0 Å². The van der Waals surface area contributed by atoms with Crippen LogP contribution in [0.4, 0.5) is 8.78 Å². The topological polar surface area (TPSA) is 37.3 Å². The Morgan fingerprint density at radius 3 is 2.53 bits per heavy atom. The Morgan fingerprint density at radius 1 is 1.40 bits per heavy atom. The summed E-state index contributed by atoms with van der Waals surface area (Å²) in [5.41, 5.74) is 0.868. The summed E-state index contributed by atoms with van der Waals surface area (Å²) in [5, 5.41) is 8.81. The van der Waals surface area contributed by atoms with Crippen LogP contribution in [0.3, 0.4) is 0 Å². The van der Waals surface area contributed by atoms with Gasteiger partial charge in [-0.05, 0) is 18.1 Å². The number of alkyl halides is 2. The molecule has 0 aliphatic carbocycles. The van der Waals surface area contributed by atoms with E-state index >= 15 is 0 Å². The van der Waals surface area contributed by atoms with Crippen LogP contribution >= 0.6 is 0 Å².